The second-order valence-electron chi connectivity index (χ2n) is 6.65. The number of hydrogen-bond acceptors (Lipinski definition) is 2. The Morgan fingerprint density at radius 1 is 1.04 bits per heavy atom. The molecule has 3 nitrogen and oxygen atoms in total. The minimum atomic E-state index is -0.149. The second kappa shape index (κ2) is 7.80. The molecule has 0 aliphatic carbocycles. The minimum absolute atomic E-state index is 0.0665. The fourth-order valence-corrected chi connectivity index (χ4v) is 4.83. The highest BCUT2D eigenvalue weighted by atomic mass is 79.9. The largest absolute Gasteiger partial charge is 0.315 e. The average Bonchev–Trinajstić information content (AvgIpc) is 3.30. The van der Waals surface area contributed by atoms with Crippen molar-refractivity contribution in [2.24, 2.45) is 5.92 Å². The Kier molecular flexibility index (Phi) is 5.42. The van der Waals surface area contributed by atoms with Gasteiger partial charge < -0.3 is 5.32 Å². The van der Waals surface area contributed by atoms with Crippen LogP contribution in [0.15, 0.2) is 65.3 Å². The van der Waals surface area contributed by atoms with Crippen molar-refractivity contribution in [3.8, 4) is 11.3 Å². The molecule has 4 rings (SSSR count). The third kappa shape index (κ3) is 3.72. The summed E-state index contributed by atoms with van der Waals surface area (Å²) in [5, 5.41) is 4.47. The van der Waals surface area contributed by atoms with Crippen molar-refractivity contribution in [2.75, 3.05) is 13.1 Å². The van der Waals surface area contributed by atoms with E-state index in [2.05, 4.69) is 27.3 Å². The normalized spacial score (nSPS) is 19.4. The molecule has 0 unspecified atom stereocenters. The Morgan fingerprint density at radius 3 is 2.52 bits per heavy atom. The summed E-state index contributed by atoms with van der Waals surface area (Å²) in [4.78, 5) is 13.4. The topological polar surface area (TPSA) is 34.0 Å². The summed E-state index contributed by atoms with van der Waals surface area (Å²) < 4.78 is 2.75. The Labute approximate surface area is 176 Å². The number of carbonyl (C=O) groups excluding carboxylic acids is 1. The molecule has 0 saturated carbocycles. The number of carbonyl (C=O) groups is 1. The number of hydrogen-bond donors (Lipinski definition) is 1. The number of rotatable bonds is 3. The van der Waals surface area contributed by atoms with Crippen LogP contribution < -0.4 is 5.32 Å². The quantitative estimate of drug-likeness (QED) is 0.527. The number of benzene rings is 2. The molecule has 138 valence electrons. The molecule has 1 aliphatic rings. The lowest BCUT2D eigenvalue weighted by molar-refractivity contribution is 0.0837. The van der Waals surface area contributed by atoms with Crippen molar-refractivity contribution in [1.29, 1.82) is 0 Å². The van der Waals surface area contributed by atoms with Crippen molar-refractivity contribution in [2.45, 2.75) is 5.92 Å². The summed E-state index contributed by atoms with van der Waals surface area (Å²) in [7, 11) is 0. The van der Waals surface area contributed by atoms with Crippen LogP contribution in [0.3, 0.4) is 0 Å². The molecule has 27 heavy (non-hydrogen) atoms. The van der Waals surface area contributed by atoms with Gasteiger partial charge in [0.1, 0.15) is 0 Å². The molecule has 0 radical (unpaired) electrons. The van der Waals surface area contributed by atoms with Gasteiger partial charge in [0.25, 0.3) is 0 Å². The molecule has 3 aromatic rings. The zero-order valence-electron chi connectivity index (χ0n) is 14.3. The predicted octanol–water partition coefficient (Wildman–Crippen LogP) is 5.87. The van der Waals surface area contributed by atoms with E-state index < -0.39 is 0 Å². The number of nitrogens with one attached hydrogen (secondary N) is 1. The highest BCUT2D eigenvalue weighted by molar-refractivity contribution is 9.10. The Morgan fingerprint density at radius 2 is 1.78 bits per heavy atom. The summed E-state index contributed by atoms with van der Waals surface area (Å²) in [5.74, 6) is 0.0348. The monoisotopic (exact) mass is 462 g/mol. The summed E-state index contributed by atoms with van der Waals surface area (Å²) in [6.45, 7) is 1.43. The Bertz CT molecular complexity index is 981. The molecule has 1 saturated heterocycles. The third-order valence-corrected chi connectivity index (χ3v) is 6.14. The van der Waals surface area contributed by atoms with Crippen LogP contribution in [0.5, 0.6) is 0 Å². The van der Waals surface area contributed by atoms with E-state index >= 15 is 0 Å². The molecule has 0 bridgehead atoms. The van der Waals surface area contributed by atoms with E-state index in [0.29, 0.717) is 16.6 Å². The predicted molar refractivity (Wildman–Crippen MR) is 114 cm³/mol. The first kappa shape index (κ1) is 18.8. The second-order valence-corrected chi connectivity index (χ2v) is 8.38. The van der Waals surface area contributed by atoms with Crippen LogP contribution in [0.4, 0.5) is 0 Å². The first-order valence-corrected chi connectivity index (χ1v) is 10.2. The van der Waals surface area contributed by atoms with Gasteiger partial charge in [-0.05, 0) is 42.0 Å². The van der Waals surface area contributed by atoms with E-state index in [0.717, 1.165) is 27.8 Å². The van der Waals surface area contributed by atoms with E-state index in [9.17, 15) is 4.79 Å². The van der Waals surface area contributed by atoms with Gasteiger partial charge in [0, 0.05) is 45.3 Å². The van der Waals surface area contributed by atoms with Crippen LogP contribution >= 0.6 is 39.1 Å². The van der Waals surface area contributed by atoms with Crippen LogP contribution in [0, 0.1) is 5.92 Å². The average molecular weight is 464 g/mol. The van der Waals surface area contributed by atoms with E-state index in [1.807, 2.05) is 48.7 Å². The molecule has 1 aliphatic heterocycles. The van der Waals surface area contributed by atoms with E-state index in [4.69, 9.17) is 23.2 Å². The lowest BCUT2D eigenvalue weighted by Gasteiger charge is -2.20. The summed E-state index contributed by atoms with van der Waals surface area (Å²) in [6.07, 6.45) is 1.81. The van der Waals surface area contributed by atoms with E-state index in [1.54, 1.807) is 10.6 Å². The Balaban J connectivity index is 1.70. The molecule has 1 aromatic heterocycles. The van der Waals surface area contributed by atoms with Gasteiger partial charge in [-0.1, -0.05) is 57.3 Å². The minimum Gasteiger partial charge on any atom is -0.315 e. The fraction of sp³-hybridized carbons (Fsp3) is 0.190. The molecule has 2 atom stereocenters. The maximum absolute atomic E-state index is 13.4. The molecule has 1 fully saturated rings. The van der Waals surface area contributed by atoms with Crippen molar-refractivity contribution in [3.63, 3.8) is 0 Å². The van der Waals surface area contributed by atoms with Crippen LogP contribution in [0.1, 0.15) is 16.3 Å². The lowest BCUT2D eigenvalue weighted by Crippen LogP contribution is -2.27. The van der Waals surface area contributed by atoms with Gasteiger partial charge in [-0.25, -0.2) is 0 Å². The maximum atomic E-state index is 13.4. The SMILES string of the molecule is O=C([C@@H]1CNC[C@H]1c1ccccc1Br)n1cccc1-c1cc(Cl)cc(Cl)c1. The summed E-state index contributed by atoms with van der Waals surface area (Å²) in [6, 6.07) is 17.2. The van der Waals surface area contributed by atoms with Crippen LogP contribution in [-0.2, 0) is 0 Å². The smallest absolute Gasteiger partial charge is 0.236 e. The number of nitrogens with zero attached hydrogens (tertiary/aromatic N) is 1. The first-order chi connectivity index (χ1) is 13.0. The van der Waals surface area contributed by atoms with Gasteiger partial charge >= 0.3 is 0 Å². The van der Waals surface area contributed by atoms with Gasteiger partial charge in [-0.15, -0.1) is 0 Å². The first-order valence-electron chi connectivity index (χ1n) is 8.68. The van der Waals surface area contributed by atoms with E-state index in [1.165, 1.54) is 0 Å². The van der Waals surface area contributed by atoms with Crippen molar-refractivity contribution >= 4 is 45.0 Å². The van der Waals surface area contributed by atoms with Gasteiger partial charge in [0.05, 0.1) is 11.6 Å². The van der Waals surface area contributed by atoms with Gasteiger partial charge in [-0.3, -0.25) is 9.36 Å². The highest BCUT2D eigenvalue weighted by Crippen LogP contribution is 2.35. The number of aromatic nitrogens is 1. The van der Waals surface area contributed by atoms with Crippen LogP contribution in [0.25, 0.3) is 11.3 Å². The molecule has 1 N–H and O–H groups in total. The van der Waals surface area contributed by atoms with Crippen LogP contribution in [-0.4, -0.2) is 23.6 Å². The maximum Gasteiger partial charge on any atom is 0.236 e. The van der Waals surface area contributed by atoms with Crippen molar-refractivity contribution in [1.82, 2.24) is 9.88 Å². The molecular formula is C21H17BrCl2N2O. The molecule has 0 spiro atoms. The van der Waals surface area contributed by atoms with E-state index in [-0.39, 0.29) is 17.7 Å². The molecular weight excluding hydrogens is 447 g/mol. The number of halogens is 3. The molecule has 0 amide bonds. The van der Waals surface area contributed by atoms with Crippen molar-refractivity contribution < 1.29 is 4.79 Å². The summed E-state index contributed by atoms with van der Waals surface area (Å²) >= 11 is 15.9. The standard InChI is InChI=1S/C21H17BrCl2N2O/c22-19-5-2-1-4-16(19)17-11-25-12-18(17)21(27)26-7-3-6-20(26)13-8-14(23)10-15(24)9-13/h1-10,17-18,25H,11-12H2/t17-,18+/m0/s1. The van der Waals surface area contributed by atoms with Crippen molar-refractivity contribution in [3.05, 3.63) is 80.9 Å². The fourth-order valence-electron chi connectivity index (χ4n) is 3.73. The third-order valence-electron chi connectivity index (χ3n) is 4.98. The lowest BCUT2D eigenvalue weighted by atomic mass is 9.88. The summed E-state index contributed by atoms with van der Waals surface area (Å²) in [5.41, 5.74) is 2.77. The molecule has 2 aromatic carbocycles. The highest BCUT2D eigenvalue weighted by Gasteiger charge is 2.36. The molecule has 6 heteroatoms. The zero-order valence-corrected chi connectivity index (χ0v) is 17.4. The van der Waals surface area contributed by atoms with Gasteiger partial charge in [-0.2, -0.15) is 0 Å². The van der Waals surface area contributed by atoms with Gasteiger partial charge in [0.15, 0.2) is 0 Å². The van der Waals surface area contributed by atoms with Crippen LogP contribution in [0.2, 0.25) is 10.0 Å². The Hall–Kier alpha value is -1.59. The van der Waals surface area contributed by atoms with Gasteiger partial charge in [0.2, 0.25) is 5.91 Å². The molecule has 2 heterocycles. The zero-order chi connectivity index (χ0) is 19.0.